The van der Waals surface area contributed by atoms with Gasteiger partial charge >= 0.3 is 0 Å². The summed E-state index contributed by atoms with van der Waals surface area (Å²) < 4.78 is 7.62. The summed E-state index contributed by atoms with van der Waals surface area (Å²) >= 11 is 0. The van der Waals surface area contributed by atoms with E-state index in [-0.39, 0.29) is 12.7 Å². The first-order valence-corrected chi connectivity index (χ1v) is 8.01. The van der Waals surface area contributed by atoms with Crippen molar-refractivity contribution in [1.82, 2.24) is 9.38 Å². The summed E-state index contributed by atoms with van der Waals surface area (Å²) in [7, 11) is 0. The number of aliphatic hydroxyl groups is 1. The van der Waals surface area contributed by atoms with Gasteiger partial charge in [-0.3, -0.25) is 4.40 Å². The van der Waals surface area contributed by atoms with Crippen molar-refractivity contribution in [3.63, 3.8) is 0 Å². The fourth-order valence-corrected chi connectivity index (χ4v) is 3.25. The highest BCUT2D eigenvalue weighted by Crippen LogP contribution is 2.31. The van der Waals surface area contributed by atoms with Crippen LogP contribution in [0, 0.1) is 18.3 Å². The van der Waals surface area contributed by atoms with Gasteiger partial charge in [-0.15, -0.1) is 0 Å². The van der Waals surface area contributed by atoms with Gasteiger partial charge in [0.05, 0.1) is 35.9 Å². The molecule has 0 atom stereocenters. The molecule has 0 amide bonds. The molecule has 24 heavy (non-hydrogen) atoms. The van der Waals surface area contributed by atoms with E-state index in [1.807, 2.05) is 37.3 Å². The molecule has 2 aromatic heterocycles. The minimum Gasteiger partial charge on any atom is -0.394 e. The van der Waals surface area contributed by atoms with E-state index in [1.54, 1.807) is 0 Å². The number of ether oxygens (including phenoxy) is 1. The number of hydrogen-bond donors (Lipinski definition) is 1. The SMILES string of the molecule is Cc1cc(N2CC(OCCO)C2)n2c(nc3ccccc32)c1C#N. The van der Waals surface area contributed by atoms with Crippen LogP contribution < -0.4 is 4.90 Å². The molecule has 122 valence electrons. The predicted octanol–water partition coefficient (Wildman–Crippen LogP) is 1.87. The fraction of sp³-hybridized carbons (Fsp3) is 0.333. The van der Waals surface area contributed by atoms with E-state index in [2.05, 4.69) is 20.4 Å². The van der Waals surface area contributed by atoms with Crippen LogP contribution in [0.2, 0.25) is 0 Å². The monoisotopic (exact) mass is 322 g/mol. The third kappa shape index (κ3) is 2.21. The van der Waals surface area contributed by atoms with Crippen molar-refractivity contribution in [1.29, 1.82) is 5.26 Å². The van der Waals surface area contributed by atoms with E-state index in [4.69, 9.17) is 9.84 Å². The van der Waals surface area contributed by atoms with E-state index < -0.39 is 0 Å². The average Bonchev–Trinajstić information content (AvgIpc) is 2.92. The fourth-order valence-electron chi connectivity index (χ4n) is 3.25. The van der Waals surface area contributed by atoms with Gasteiger partial charge in [-0.2, -0.15) is 5.26 Å². The van der Waals surface area contributed by atoms with Gasteiger partial charge in [-0.05, 0) is 30.7 Å². The molecule has 1 fully saturated rings. The molecular formula is C18H18N4O2. The second-order valence-corrected chi connectivity index (χ2v) is 6.05. The van der Waals surface area contributed by atoms with Gasteiger partial charge in [0.15, 0.2) is 5.65 Å². The van der Waals surface area contributed by atoms with Crippen molar-refractivity contribution in [3.05, 3.63) is 41.5 Å². The molecule has 0 unspecified atom stereocenters. The lowest BCUT2D eigenvalue weighted by atomic mass is 10.1. The second-order valence-electron chi connectivity index (χ2n) is 6.05. The van der Waals surface area contributed by atoms with Gasteiger partial charge in [0, 0.05) is 13.1 Å². The molecule has 1 saturated heterocycles. The number of nitriles is 1. The Morgan fingerprint density at radius 1 is 1.38 bits per heavy atom. The molecule has 0 aliphatic carbocycles. The number of hydrogen-bond acceptors (Lipinski definition) is 5. The highest BCUT2D eigenvalue weighted by atomic mass is 16.5. The number of para-hydroxylation sites is 2. The Balaban J connectivity index is 1.83. The van der Waals surface area contributed by atoms with Crippen molar-refractivity contribution in [2.75, 3.05) is 31.2 Å². The first-order valence-electron chi connectivity index (χ1n) is 8.01. The first-order chi connectivity index (χ1) is 11.7. The topological polar surface area (TPSA) is 73.8 Å². The lowest BCUT2D eigenvalue weighted by Crippen LogP contribution is -2.53. The number of aryl methyl sites for hydroxylation is 1. The smallest absolute Gasteiger partial charge is 0.157 e. The highest BCUT2D eigenvalue weighted by Gasteiger charge is 2.30. The van der Waals surface area contributed by atoms with Crippen LogP contribution in [0.1, 0.15) is 11.1 Å². The van der Waals surface area contributed by atoms with Crippen molar-refractivity contribution in [2.45, 2.75) is 13.0 Å². The lowest BCUT2D eigenvalue weighted by molar-refractivity contribution is 0.0132. The van der Waals surface area contributed by atoms with Crippen LogP contribution in [0.25, 0.3) is 16.7 Å². The number of imidazole rings is 1. The molecule has 3 heterocycles. The van der Waals surface area contributed by atoms with Crippen molar-refractivity contribution < 1.29 is 9.84 Å². The predicted molar refractivity (Wildman–Crippen MR) is 91.2 cm³/mol. The Morgan fingerprint density at radius 3 is 2.92 bits per heavy atom. The zero-order valence-corrected chi connectivity index (χ0v) is 13.4. The largest absolute Gasteiger partial charge is 0.394 e. The minimum atomic E-state index is 0.0445. The molecule has 1 aromatic carbocycles. The molecule has 0 bridgehead atoms. The van der Waals surface area contributed by atoms with Crippen LogP contribution >= 0.6 is 0 Å². The van der Waals surface area contributed by atoms with E-state index >= 15 is 0 Å². The Labute approximate surface area is 139 Å². The van der Waals surface area contributed by atoms with Gasteiger partial charge in [0.25, 0.3) is 0 Å². The Bertz CT molecular complexity index is 951. The maximum absolute atomic E-state index is 9.52. The van der Waals surface area contributed by atoms with Gasteiger partial charge in [0.1, 0.15) is 11.9 Å². The molecule has 6 heteroatoms. The maximum atomic E-state index is 9.52. The number of anilines is 1. The molecule has 0 radical (unpaired) electrons. The molecule has 0 saturated carbocycles. The first kappa shape index (κ1) is 14.9. The summed E-state index contributed by atoms with van der Waals surface area (Å²) in [5, 5.41) is 18.4. The van der Waals surface area contributed by atoms with Crippen LogP contribution in [-0.2, 0) is 4.74 Å². The number of fused-ring (bicyclic) bond motifs is 3. The lowest BCUT2D eigenvalue weighted by Gasteiger charge is -2.40. The summed E-state index contributed by atoms with van der Waals surface area (Å²) in [5.41, 5.74) is 4.13. The highest BCUT2D eigenvalue weighted by molar-refractivity contribution is 5.85. The van der Waals surface area contributed by atoms with Crippen LogP contribution in [0.15, 0.2) is 30.3 Å². The van der Waals surface area contributed by atoms with E-state index in [0.717, 1.165) is 35.5 Å². The van der Waals surface area contributed by atoms with Gasteiger partial charge < -0.3 is 14.7 Å². The summed E-state index contributed by atoms with van der Waals surface area (Å²) in [6.45, 7) is 3.90. The Hall–Kier alpha value is -2.62. The Morgan fingerprint density at radius 2 is 2.17 bits per heavy atom. The second kappa shape index (κ2) is 5.78. The molecule has 3 aromatic rings. The third-order valence-corrected chi connectivity index (χ3v) is 4.48. The molecular weight excluding hydrogens is 304 g/mol. The van der Waals surface area contributed by atoms with Crippen molar-refractivity contribution in [2.24, 2.45) is 0 Å². The number of nitrogens with zero attached hydrogens (tertiary/aromatic N) is 4. The average molecular weight is 322 g/mol. The van der Waals surface area contributed by atoms with Gasteiger partial charge in [-0.1, -0.05) is 12.1 Å². The number of pyridine rings is 1. The van der Waals surface area contributed by atoms with Crippen LogP contribution in [0.5, 0.6) is 0 Å². The Kier molecular flexibility index (Phi) is 3.60. The number of aliphatic hydroxyl groups excluding tert-OH is 1. The molecule has 4 rings (SSSR count). The zero-order chi connectivity index (χ0) is 16.7. The van der Waals surface area contributed by atoms with Crippen LogP contribution in [-0.4, -0.2) is 46.9 Å². The van der Waals surface area contributed by atoms with Crippen molar-refractivity contribution >= 4 is 22.5 Å². The molecule has 6 nitrogen and oxygen atoms in total. The minimum absolute atomic E-state index is 0.0445. The number of aromatic nitrogens is 2. The normalized spacial score (nSPS) is 15.0. The van der Waals surface area contributed by atoms with Crippen LogP contribution in [0.3, 0.4) is 0 Å². The molecule has 1 aliphatic heterocycles. The summed E-state index contributed by atoms with van der Waals surface area (Å²) in [6, 6.07) is 12.2. The molecule has 1 N–H and O–H groups in total. The van der Waals surface area contributed by atoms with Gasteiger partial charge in [0.2, 0.25) is 0 Å². The quantitative estimate of drug-likeness (QED) is 0.794. The van der Waals surface area contributed by atoms with E-state index in [0.29, 0.717) is 17.8 Å². The van der Waals surface area contributed by atoms with Crippen LogP contribution in [0.4, 0.5) is 5.82 Å². The molecule has 0 spiro atoms. The van der Waals surface area contributed by atoms with E-state index in [1.165, 1.54) is 0 Å². The molecule has 1 aliphatic rings. The number of rotatable bonds is 4. The maximum Gasteiger partial charge on any atom is 0.157 e. The summed E-state index contributed by atoms with van der Waals surface area (Å²) in [6.07, 6.45) is 0.137. The number of benzene rings is 1. The third-order valence-electron chi connectivity index (χ3n) is 4.48. The summed E-state index contributed by atoms with van der Waals surface area (Å²) in [4.78, 5) is 6.89. The van der Waals surface area contributed by atoms with Gasteiger partial charge in [-0.25, -0.2) is 4.98 Å². The van der Waals surface area contributed by atoms with E-state index in [9.17, 15) is 5.26 Å². The summed E-state index contributed by atoms with van der Waals surface area (Å²) in [5.74, 6) is 1.03. The van der Waals surface area contributed by atoms with Crippen molar-refractivity contribution in [3.8, 4) is 6.07 Å². The zero-order valence-electron chi connectivity index (χ0n) is 13.4. The standard InChI is InChI=1S/C18H18N4O2/c1-12-8-17(21-10-13(11-21)24-7-6-23)22-16-5-3-2-4-15(16)20-18(22)14(12)9-19/h2-5,8,13,23H,6-7,10-11H2,1H3.